The van der Waals surface area contributed by atoms with Crippen LogP contribution in [0.2, 0.25) is 0 Å². The van der Waals surface area contributed by atoms with Crippen LogP contribution >= 0.6 is 11.8 Å². The van der Waals surface area contributed by atoms with E-state index in [-0.39, 0.29) is 75.2 Å². The molecule has 15 amide bonds. The number of phenols is 2. The molecule has 133 heavy (non-hydrogen) atoms. The molecule has 0 spiro atoms. The van der Waals surface area contributed by atoms with Crippen molar-refractivity contribution in [3.05, 3.63) is 203 Å². The highest BCUT2D eigenvalue weighted by Crippen LogP contribution is 2.25. The van der Waals surface area contributed by atoms with Crippen LogP contribution in [0.5, 0.6) is 11.5 Å². The standard InChI is InChI=1S/C95H120N16O21S/c1-10-11-31-75-90(127)101-67(40-41-81(117)118)85(122)104-71(49-82(119)120)89(126)107-83(56(4)5)95(132)110(8)76(46-58-25-17-13-18-26-58)91(128)105-72(45-61-34-38-64(113)39-35-61)92(129)108(6)52-79(115)99-70(48-62-50-97-66-30-22-21-29-65(62)66)88(125)103-69(43-60-32-36-63(112)37-33-60)87(124)102-68(42-55(2)3)86(123)106-74(84(121)98-51-78(96)114)53-133-54-80(116)100-73(44-57-23-15-12-16-24-57)93(130)111(9)77(94(131)109(75)7)47-59-27-19-14-20-28-59/h12-30,32-39,50,55-56,67-77,83,97,112-113H,10-11,31,40-49,51-54H2,1-9H3,(H2,96,114)(H,98,121)(H,99,115)(H,100,116)(H,101,127)(H,102,124)(H,103,125)(H,104,122)(H,105,128)(H,106,123)(H,107,126)(H,117,118)(H,119,120)/t67-,68-,69-,70-,71-,72-,73-,74-,75?,76-,77-,83-/m0/s1. The number of aliphatic carboxylic acids is 2. The minimum Gasteiger partial charge on any atom is -0.508 e. The maximum Gasteiger partial charge on any atom is 0.305 e. The van der Waals surface area contributed by atoms with E-state index in [4.69, 9.17) is 5.73 Å². The van der Waals surface area contributed by atoms with Crippen molar-refractivity contribution >= 4 is 123 Å². The van der Waals surface area contributed by atoms with Gasteiger partial charge in [-0.05, 0) is 94.8 Å². The van der Waals surface area contributed by atoms with E-state index in [1.807, 2.05) is 0 Å². The number of para-hydroxylation sites is 1. The van der Waals surface area contributed by atoms with Crippen LogP contribution in [-0.4, -0.2) is 271 Å². The molecule has 0 saturated carbocycles. The SMILES string of the molecule is CCCCC1C(=O)N[C@@H](CCC(=O)O)C(=O)N[C@@H](CC(=O)O)C(=O)N[C@@H](C(C)C)C(=O)N(C)[C@@H](Cc2ccccc2)C(=O)N[C@@H](Cc2ccc(O)cc2)C(=O)N(C)CC(=O)N[C@@H](Cc2c[nH]c3ccccc23)C(=O)N[C@@H](Cc2ccc(O)cc2)C(=O)N[C@@H](CC(C)C)C(=O)N[C@H](C(=O)NCC(N)=O)CSCC(=O)N[C@@H](Cc2ccccc2)C(=O)N(C)[C@@H](Cc2ccccc2)C(=O)N1C. The predicted octanol–water partition coefficient (Wildman–Crippen LogP) is 2.22. The number of H-pyrrole nitrogens is 1. The van der Waals surface area contributed by atoms with Gasteiger partial charge >= 0.3 is 11.9 Å². The van der Waals surface area contributed by atoms with Gasteiger partial charge in [0.25, 0.3) is 0 Å². The number of amides is 15. The second-order valence-corrected chi connectivity index (χ2v) is 34.8. The zero-order valence-corrected chi connectivity index (χ0v) is 76.6. The van der Waals surface area contributed by atoms with Gasteiger partial charge in [0.2, 0.25) is 88.6 Å². The number of carbonyl (C=O) groups excluding carboxylic acids is 15. The number of hydrogen-bond acceptors (Lipinski definition) is 20. The summed E-state index contributed by atoms with van der Waals surface area (Å²) in [6.45, 7) is 6.77. The number of nitrogens with one attached hydrogen (secondary N) is 11. The summed E-state index contributed by atoms with van der Waals surface area (Å²) in [5.74, 6) is -20.2. The minimum atomic E-state index is -2.08. The van der Waals surface area contributed by atoms with Crippen LogP contribution in [0.1, 0.15) is 113 Å². The second kappa shape index (κ2) is 50.8. The Kier molecular flexibility index (Phi) is 39.8. The lowest BCUT2D eigenvalue weighted by Crippen LogP contribution is -2.62. The number of likely N-dealkylation sites (N-methyl/N-ethyl adjacent to an activating group) is 4. The summed E-state index contributed by atoms with van der Waals surface area (Å²) in [6, 6.07) is 24.0. The van der Waals surface area contributed by atoms with Crippen molar-refractivity contribution < 1.29 is 102 Å². The molecule has 1 saturated heterocycles. The van der Waals surface area contributed by atoms with Crippen LogP contribution in [-0.2, 0) is 120 Å². The van der Waals surface area contributed by atoms with Crippen LogP contribution in [0.4, 0.5) is 0 Å². The molecule has 6 aromatic carbocycles. The van der Waals surface area contributed by atoms with Gasteiger partial charge < -0.3 is 104 Å². The van der Waals surface area contributed by atoms with Crippen molar-refractivity contribution in [3.8, 4) is 11.5 Å². The summed E-state index contributed by atoms with van der Waals surface area (Å²) in [7, 11) is 5.09. The van der Waals surface area contributed by atoms with Gasteiger partial charge in [-0.2, -0.15) is 0 Å². The van der Waals surface area contributed by atoms with Crippen molar-refractivity contribution in [2.24, 2.45) is 17.6 Å². The molecule has 0 radical (unpaired) electrons. The Morgan fingerprint density at radius 1 is 0.451 bits per heavy atom. The molecule has 712 valence electrons. The number of carboxylic acid groups (broad SMARTS) is 2. The van der Waals surface area contributed by atoms with Crippen LogP contribution in [0, 0.1) is 11.8 Å². The minimum absolute atomic E-state index is 0.101. The van der Waals surface area contributed by atoms with Crippen molar-refractivity contribution in [1.29, 1.82) is 0 Å². The van der Waals surface area contributed by atoms with Crippen LogP contribution in [0.15, 0.2) is 170 Å². The van der Waals surface area contributed by atoms with E-state index in [1.54, 1.807) is 142 Å². The molecule has 37 nitrogen and oxygen atoms in total. The number of benzene rings is 6. The third kappa shape index (κ3) is 32.1. The van der Waals surface area contributed by atoms with Crippen molar-refractivity contribution in [3.63, 3.8) is 0 Å². The molecule has 8 rings (SSSR count). The Morgan fingerprint density at radius 2 is 0.902 bits per heavy atom. The smallest absolute Gasteiger partial charge is 0.305 e. The highest BCUT2D eigenvalue weighted by Gasteiger charge is 2.43. The molecule has 38 heteroatoms. The number of aromatic amines is 1. The fourth-order valence-electron chi connectivity index (χ4n) is 15.3. The van der Waals surface area contributed by atoms with E-state index in [9.17, 15) is 63.6 Å². The number of unbranched alkanes of at least 4 members (excludes halogenated alkanes) is 1. The molecular formula is C95H120N16O21S. The van der Waals surface area contributed by atoms with Gasteiger partial charge in [0.1, 0.15) is 84.0 Å². The number of fused-ring (bicyclic) bond motifs is 1. The zero-order chi connectivity index (χ0) is 97.3. The number of carbonyl (C=O) groups is 17. The Labute approximate surface area is 774 Å². The fraction of sp³-hybridized carbons (Fsp3) is 0.421. The van der Waals surface area contributed by atoms with Crippen molar-refractivity contribution in [2.45, 2.75) is 191 Å². The van der Waals surface area contributed by atoms with E-state index >= 15 is 38.4 Å². The van der Waals surface area contributed by atoms with E-state index in [0.29, 0.717) is 50.7 Å². The highest BCUT2D eigenvalue weighted by atomic mass is 32.2. The topological polar surface area (TPSA) is 546 Å². The quantitative estimate of drug-likeness (QED) is 0.0369. The number of carboxylic acids is 2. The molecule has 7 aromatic rings. The van der Waals surface area contributed by atoms with Gasteiger partial charge in [0.15, 0.2) is 0 Å². The number of phenolic OH excluding ortho intramolecular Hbond substituents is 2. The number of primary amides is 1. The Morgan fingerprint density at radius 3 is 1.45 bits per heavy atom. The molecule has 1 aromatic heterocycles. The van der Waals surface area contributed by atoms with Gasteiger partial charge in [-0.25, -0.2) is 0 Å². The summed E-state index contributed by atoms with van der Waals surface area (Å²) < 4.78 is 0. The monoisotopic (exact) mass is 1850 g/mol. The first-order valence-corrected chi connectivity index (χ1v) is 45.0. The normalized spacial score (nSPS) is 22.1. The lowest BCUT2D eigenvalue weighted by atomic mass is 9.98. The molecular weight excluding hydrogens is 1730 g/mol. The Bertz CT molecular complexity index is 5220. The second-order valence-electron chi connectivity index (χ2n) is 33.8. The van der Waals surface area contributed by atoms with Gasteiger partial charge in [0.05, 0.1) is 25.3 Å². The summed E-state index contributed by atoms with van der Waals surface area (Å²) in [5.41, 5.74) is 8.92. The third-order valence-electron chi connectivity index (χ3n) is 22.6. The van der Waals surface area contributed by atoms with E-state index in [2.05, 4.69) is 58.2 Å². The van der Waals surface area contributed by atoms with Gasteiger partial charge in [-0.15, -0.1) is 11.8 Å². The lowest BCUT2D eigenvalue weighted by molar-refractivity contribution is -0.149. The average molecular weight is 1850 g/mol. The molecule has 0 aliphatic carbocycles. The van der Waals surface area contributed by atoms with Gasteiger partial charge in [-0.1, -0.05) is 181 Å². The number of aromatic nitrogens is 1. The molecule has 17 N–H and O–H groups in total. The van der Waals surface area contributed by atoms with E-state index in [1.165, 1.54) is 90.6 Å². The number of nitrogens with two attached hydrogens (primary N) is 1. The fourth-order valence-corrected chi connectivity index (χ4v) is 16.1. The zero-order valence-electron chi connectivity index (χ0n) is 75.8. The lowest BCUT2D eigenvalue weighted by Gasteiger charge is -2.36. The molecule has 0 bridgehead atoms. The van der Waals surface area contributed by atoms with Gasteiger partial charge in [0, 0.05) is 96.0 Å². The summed E-state index contributed by atoms with van der Waals surface area (Å²) in [5, 5.41) is 68.1. The van der Waals surface area contributed by atoms with Crippen LogP contribution in [0.25, 0.3) is 10.9 Å². The maximum atomic E-state index is 15.6. The van der Waals surface area contributed by atoms with Crippen LogP contribution in [0.3, 0.4) is 0 Å². The summed E-state index contributed by atoms with van der Waals surface area (Å²) >= 11 is 0.802. The number of rotatable bonds is 26. The molecule has 1 fully saturated rings. The van der Waals surface area contributed by atoms with Crippen molar-refractivity contribution in [1.82, 2.24) is 77.8 Å². The van der Waals surface area contributed by atoms with E-state index in [0.717, 1.165) is 31.4 Å². The molecule has 1 aliphatic rings. The number of thioether (sulfide) groups is 1. The Hall–Kier alpha value is -14.2. The summed E-state index contributed by atoms with van der Waals surface area (Å²) in [4.78, 5) is 256. The van der Waals surface area contributed by atoms with E-state index < -0.39 is 223 Å². The molecule has 2 heterocycles. The highest BCUT2D eigenvalue weighted by molar-refractivity contribution is 8.00. The summed E-state index contributed by atoms with van der Waals surface area (Å²) in [6.07, 6.45) is -2.07. The first-order chi connectivity index (χ1) is 63.3. The van der Waals surface area contributed by atoms with Crippen LogP contribution < -0.4 is 58.9 Å². The largest absolute Gasteiger partial charge is 0.508 e. The number of aromatic hydroxyl groups is 2. The molecule has 1 unspecified atom stereocenters. The predicted molar refractivity (Wildman–Crippen MR) is 493 cm³/mol. The first kappa shape index (κ1) is 104. The Balaban J connectivity index is 1.23. The van der Waals surface area contributed by atoms with Gasteiger partial charge in [-0.3, -0.25) is 81.5 Å². The first-order valence-electron chi connectivity index (χ1n) is 43.8. The maximum absolute atomic E-state index is 15.6. The number of nitrogens with zero attached hydrogens (tertiary/aromatic N) is 4. The molecule has 12 atom stereocenters. The third-order valence-corrected chi connectivity index (χ3v) is 23.6. The average Bonchev–Trinajstić information content (AvgIpc) is 1.79. The molecule has 1 aliphatic heterocycles. The number of hydrogen-bond donors (Lipinski definition) is 16. The van der Waals surface area contributed by atoms with Crippen molar-refractivity contribution in [2.75, 3.05) is 52.8 Å².